The zero-order valence-corrected chi connectivity index (χ0v) is 31.1. The Morgan fingerprint density at radius 2 is 1.67 bits per heavy atom. The number of aliphatic hydroxyl groups excluding tert-OH is 1. The molecule has 52 heavy (non-hydrogen) atoms. The maximum Gasteiger partial charge on any atom is 0.269 e. The van der Waals surface area contributed by atoms with E-state index in [0.29, 0.717) is 39.9 Å². The van der Waals surface area contributed by atoms with Crippen LogP contribution in [0.25, 0.3) is 0 Å². The van der Waals surface area contributed by atoms with Gasteiger partial charge in [-0.15, -0.1) is 0 Å². The molecule has 0 bridgehead atoms. The molecule has 3 aliphatic rings. The Hall–Kier alpha value is -4.52. The fraction of sp³-hybridized carbons (Fsp3) is 0.325. The standard InChI is InChI=1S/C40H42ClN3O7Si/c1-26-38(52(2,3)49)35(22-36(46)42(19-20-45)23-27-9-5-4-6-10-27)51-40(26)31-21-29(41)15-18-32(31)43(39(40)48)24-28-13-16-30(17-14-28)44-33-11-7-8-12-34(33)50-25-37(44)47/h4-18,21,26,35,38,45,49H,19-20,22-25H2,1-3H3/t26-,35+,38-,40+/m0/s1. The molecule has 1 fully saturated rings. The predicted molar refractivity (Wildman–Crippen MR) is 201 cm³/mol. The van der Waals surface area contributed by atoms with Gasteiger partial charge in [0.25, 0.3) is 11.8 Å². The Morgan fingerprint density at radius 3 is 2.38 bits per heavy atom. The molecule has 0 radical (unpaired) electrons. The summed E-state index contributed by atoms with van der Waals surface area (Å²) in [7, 11) is -3.04. The van der Waals surface area contributed by atoms with E-state index in [4.69, 9.17) is 21.1 Å². The first kappa shape index (κ1) is 35.9. The van der Waals surface area contributed by atoms with Gasteiger partial charge < -0.3 is 29.2 Å². The van der Waals surface area contributed by atoms with Crippen molar-refractivity contribution in [3.05, 3.63) is 119 Å². The second-order valence-electron chi connectivity index (χ2n) is 14.3. The van der Waals surface area contributed by atoms with E-state index in [-0.39, 0.29) is 50.4 Å². The number of ether oxygens (including phenoxy) is 2. The third-order valence-electron chi connectivity index (χ3n) is 10.5. The van der Waals surface area contributed by atoms with Crippen molar-refractivity contribution < 1.29 is 33.8 Å². The number of aliphatic hydroxyl groups is 1. The van der Waals surface area contributed by atoms with Gasteiger partial charge in [-0.3, -0.25) is 19.3 Å². The van der Waals surface area contributed by atoms with Crippen LogP contribution in [0.4, 0.5) is 17.1 Å². The first-order valence-electron chi connectivity index (χ1n) is 17.5. The molecule has 3 aliphatic heterocycles. The Bertz CT molecular complexity index is 1990. The molecule has 0 aliphatic carbocycles. The number of fused-ring (bicyclic) bond motifs is 3. The topological polar surface area (TPSA) is 120 Å². The lowest BCUT2D eigenvalue weighted by Gasteiger charge is -2.32. The Morgan fingerprint density at radius 1 is 0.962 bits per heavy atom. The Labute approximate surface area is 309 Å². The fourth-order valence-corrected chi connectivity index (χ4v) is 11.0. The minimum atomic E-state index is -3.04. The number of amides is 3. The van der Waals surface area contributed by atoms with E-state index >= 15 is 0 Å². The van der Waals surface area contributed by atoms with Crippen LogP contribution in [0, 0.1) is 5.92 Å². The van der Waals surface area contributed by atoms with Crippen molar-refractivity contribution in [3.63, 3.8) is 0 Å². The summed E-state index contributed by atoms with van der Waals surface area (Å²) in [5.74, 6) is -0.552. The van der Waals surface area contributed by atoms with Crippen LogP contribution in [0.1, 0.15) is 30.0 Å². The third kappa shape index (κ3) is 6.41. The van der Waals surface area contributed by atoms with E-state index in [1.807, 2.05) is 105 Å². The number of carbonyl (C=O) groups excluding carboxylic acids is 3. The minimum Gasteiger partial charge on any atom is -0.482 e. The zero-order chi connectivity index (χ0) is 36.8. The Kier molecular flexibility index (Phi) is 9.74. The molecule has 12 heteroatoms. The highest BCUT2D eigenvalue weighted by atomic mass is 35.5. The maximum absolute atomic E-state index is 14.9. The van der Waals surface area contributed by atoms with Gasteiger partial charge >= 0.3 is 0 Å². The molecule has 1 saturated heterocycles. The summed E-state index contributed by atoms with van der Waals surface area (Å²) >= 11 is 6.58. The summed E-state index contributed by atoms with van der Waals surface area (Å²) in [5, 5.41) is 10.3. The van der Waals surface area contributed by atoms with Crippen LogP contribution in [0.2, 0.25) is 23.7 Å². The van der Waals surface area contributed by atoms with Gasteiger partial charge in [-0.05, 0) is 66.7 Å². The number of rotatable bonds is 10. The van der Waals surface area contributed by atoms with Crippen LogP contribution in [-0.2, 0) is 37.8 Å². The minimum absolute atomic E-state index is 0.0609. The van der Waals surface area contributed by atoms with Crippen molar-refractivity contribution in [2.75, 3.05) is 29.6 Å². The number of para-hydroxylation sites is 2. The van der Waals surface area contributed by atoms with Gasteiger partial charge in [0.15, 0.2) is 20.5 Å². The van der Waals surface area contributed by atoms with Crippen molar-refractivity contribution in [1.82, 2.24) is 4.90 Å². The summed E-state index contributed by atoms with van der Waals surface area (Å²) in [5.41, 5.74) is 2.42. The quantitative estimate of drug-likeness (QED) is 0.187. The van der Waals surface area contributed by atoms with Gasteiger partial charge in [0, 0.05) is 40.8 Å². The van der Waals surface area contributed by atoms with Gasteiger partial charge in [0.1, 0.15) is 5.75 Å². The molecule has 4 aromatic rings. The lowest BCUT2D eigenvalue weighted by atomic mass is 9.82. The molecule has 0 unspecified atom stereocenters. The smallest absolute Gasteiger partial charge is 0.269 e. The highest BCUT2D eigenvalue weighted by Gasteiger charge is 2.66. The third-order valence-corrected chi connectivity index (χ3v) is 13.2. The van der Waals surface area contributed by atoms with Gasteiger partial charge in [-0.2, -0.15) is 0 Å². The van der Waals surface area contributed by atoms with E-state index in [2.05, 4.69) is 0 Å². The largest absolute Gasteiger partial charge is 0.482 e. The molecule has 270 valence electrons. The van der Waals surface area contributed by atoms with Crippen molar-refractivity contribution in [1.29, 1.82) is 0 Å². The maximum atomic E-state index is 14.9. The van der Waals surface area contributed by atoms with E-state index in [1.54, 1.807) is 26.8 Å². The number of hydrogen-bond acceptors (Lipinski definition) is 7. The number of benzene rings is 4. The van der Waals surface area contributed by atoms with Crippen molar-refractivity contribution in [2.24, 2.45) is 5.92 Å². The second-order valence-corrected chi connectivity index (χ2v) is 18.7. The van der Waals surface area contributed by atoms with Crippen LogP contribution in [0.15, 0.2) is 97.1 Å². The summed E-state index contributed by atoms with van der Waals surface area (Å²) in [4.78, 5) is 58.3. The first-order chi connectivity index (χ1) is 24.9. The van der Waals surface area contributed by atoms with Crippen LogP contribution >= 0.6 is 11.6 Å². The normalized spacial score (nSPS) is 22.4. The van der Waals surface area contributed by atoms with Gasteiger partial charge in [0.05, 0.1) is 37.1 Å². The highest BCUT2D eigenvalue weighted by Crippen LogP contribution is 2.60. The Balaban J connectivity index is 1.18. The van der Waals surface area contributed by atoms with Gasteiger partial charge in [-0.1, -0.05) is 73.1 Å². The molecule has 3 heterocycles. The molecule has 7 rings (SSSR count). The van der Waals surface area contributed by atoms with E-state index in [1.165, 1.54) is 0 Å². The fourth-order valence-electron chi connectivity index (χ4n) is 8.24. The predicted octanol–water partition coefficient (Wildman–Crippen LogP) is 6.15. The van der Waals surface area contributed by atoms with Crippen molar-refractivity contribution in [2.45, 2.75) is 56.8 Å². The van der Waals surface area contributed by atoms with Crippen LogP contribution in [0.3, 0.4) is 0 Å². The highest BCUT2D eigenvalue weighted by molar-refractivity contribution is 6.71. The molecule has 0 aromatic heterocycles. The summed E-state index contributed by atoms with van der Waals surface area (Å²) < 4.78 is 12.5. The van der Waals surface area contributed by atoms with Gasteiger partial charge in [0.2, 0.25) is 5.91 Å². The molecule has 4 atom stereocenters. The lowest BCUT2D eigenvalue weighted by Crippen LogP contribution is -2.46. The lowest BCUT2D eigenvalue weighted by molar-refractivity contribution is -0.150. The first-order valence-corrected chi connectivity index (χ1v) is 20.9. The summed E-state index contributed by atoms with van der Waals surface area (Å²) in [6.07, 6.45) is -0.815. The zero-order valence-electron chi connectivity index (χ0n) is 29.4. The van der Waals surface area contributed by atoms with Crippen LogP contribution in [-0.4, -0.2) is 66.7 Å². The number of halogens is 1. The van der Waals surface area contributed by atoms with Crippen molar-refractivity contribution >= 4 is 54.7 Å². The molecule has 4 aromatic carbocycles. The molecule has 3 amide bonds. The molecule has 0 saturated carbocycles. The van der Waals surface area contributed by atoms with E-state index in [9.17, 15) is 24.3 Å². The average Bonchev–Trinajstić information content (AvgIpc) is 3.54. The number of carbonyl (C=O) groups is 3. The van der Waals surface area contributed by atoms with Crippen LogP contribution in [0.5, 0.6) is 5.75 Å². The van der Waals surface area contributed by atoms with E-state index in [0.717, 1.165) is 11.1 Å². The van der Waals surface area contributed by atoms with Crippen LogP contribution < -0.4 is 14.5 Å². The monoisotopic (exact) mass is 739 g/mol. The summed E-state index contributed by atoms with van der Waals surface area (Å²) in [6.45, 7) is 5.97. The average molecular weight is 740 g/mol. The molecular weight excluding hydrogens is 698 g/mol. The molecular formula is C40H42ClN3O7Si. The SMILES string of the molecule is C[C@H]1[C@H]([Si](C)(C)O)[C@@H](CC(=O)N(CCO)Cc2ccccc2)O[C@]12C(=O)N(Cc1ccc(N3C(=O)COc4ccccc43)cc1)c1ccc(Cl)cc12. The molecule has 10 nitrogen and oxygen atoms in total. The van der Waals surface area contributed by atoms with Crippen molar-refractivity contribution in [3.8, 4) is 5.75 Å². The second kappa shape index (κ2) is 14.1. The molecule has 1 spiro atoms. The number of anilines is 3. The number of hydrogen-bond donors (Lipinski definition) is 2. The molecule has 2 N–H and O–H groups in total. The van der Waals surface area contributed by atoms with Gasteiger partial charge in [-0.25, -0.2) is 0 Å². The summed E-state index contributed by atoms with van der Waals surface area (Å²) in [6, 6.07) is 29.7. The number of nitrogens with zero attached hydrogens (tertiary/aromatic N) is 3. The van der Waals surface area contributed by atoms with E-state index < -0.39 is 31.5 Å².